The van der Waals surface area contributed by atoms with Crippen molar-refractivity contribution in [1.82, 2.24) is 0 Å². The number of hydrogen-bond donors (Lipinski definition) is 2. The molecule has 4 aromatic rings. The highest BCUT2D eigenvalue weighted by Gasteiger charge is 2.46. The van der Waals surface area contributed by atoms with E-state index >= 15 is 0 Å². The van der Waals surface area contributed by atoms with E-state index in [1.54, 1.807) is 0 Å². The first kappa shape index (κ1) is 22.7. The summed E-state index contributed by atoms with van der Waals surface area (Å²) in [7, 11) is 0. The van der Waals surface area contributed by atoms with Crippen LogP contribution in [0.3, 0.4) is 0 Å². The Morgan fingerprint density at radius 1 is 0.735 bits per heavy atom. The second kappa shape index (κ2) is 10.0. The molecule has 2 N–H and O–H groups in total. The van der Waals surface area contributed by atoms with Crippen LogP contribution in [0, 0.1) is 0 Å². The number of ether oxygens (including phenoxy) is 2. The first-order valence-corrected chi connectivity index (χ1v) is 12.5. The smallest absolute Gasteiger partial charge is 0.119 e. The second-order valence-electron chi connectivity index (χ2n) is 8.46. The highest BCUT2D eigenvalue weighted by atomic mass is 32.1. The molecule has 0 bridgehead atoms. The number of aliphatic hydroxyl groups excluding tert-OH is 2. The van der Waals surface area contributed by atoms with Crippen molar-refractivity contribution in [1.29, 1.82) is 0 Å². The third-order valence-corrected chi connectivity index (χ3v) is 7.59. The third-order valence-electron chi connectivity index (χ3n) is 6.61. The molecule has 0 radical (unpaired) electrons. The molecule has 1 heterocycles. The largest absolute Gasteiger partial charge is 0.491 e. The summed E-state index contributed by atoms with van der Waals surface area (Å²) >= 11 is 1.81. The van der Waals surface area contributed by atoms with Gasteiger partial charge in [0.1, 0.15) is 24.7 Å². The molecule has 1 aliphatic carbocycles. The summed E-state index contributed by atoms with van der Waals surface area (Å²) in [5, 5.41) is 20.4. The maximum absolute atomic E-state index is 9.10. The standard InChI is InChI=1S/C29H28O4S/c30-15-17-32-23-11-7-21(8-12-23)29(22-9-13-24(14-10-22)33-18-16-31)20-26(28-6-3-19-34-28)25-4-1-2-5-27(25)29/h1-14,19,26,30-31H,15-18,20H2. The van der Waals surface area contributed by atoms with Crippen LogP contribution in [0.2, 0.25) is 0 Å². The fourth-order valence-electron chi connectivity index (χ4n) is 5.17. The second-order valence-corrected chi connectivity index (χ2v) is 9.44. The fourth-order valence-corrected chi connectivity index (χ4v) is 6.02. The molecule has 5 rings (SSSR count). The first-order valence-electron chi connectivity index (χ1n) is 11.6. The van der Waals surface area contributed by atoms with E-state index in [0.29, 0.717) is 5.92 Å². The lowest BCUT2D eigenvalue weighted by atomic mass is 9.70. The van der Waals surface area contributed by atoms with Gasteiger partial charge in [-0.15, -0.1) is 11.3 Å². The van der Waals surface area contributed by atoms with Crippen LogP contribution in [-0.2, 0) is 5.41 Å². The topological polar surface area (TPSA) is 58.9 Å². The molecule has 1 unspecified atom stereocenters. The van der Waals surface area contributed by atoms with Crippen molar-refractivity contribution in [2.75, 3.05) is 26.4 Å². The number of benzene rings is 3. The van der Waals surface area contributed by atoms with Gasteiger partial charge in [0.15, 0.2) is 0 Å². The molecule has 1 aromatic heterocycles. The molecule has 34 heavy (non-hydrogen) atoms. The summed E-state index contributed by atoms with van der Waals surface area (Å²) in [5.41, 5.74) is 4.78. The van der Waals surface area contributed by atoms with E-state index in [1.165, 1.54) is 27.1 Å². The Labute approximate surface area is 204 Å². The molecule has 0 amide bonds. The van der Waals surface area contributed by atoms with Gasteiger partial charge in [-0.05, 0) is 64.4 Å². The van der Waals surface area contributed by atoms with Crippen LogP contribution in [-0.4, -0.2) is 36.6 Å². The zero-order chi connectivity index (χ0) is 23.4. The van der Waals surface area contributed by atoms with Crippen molar-refractivity contribution in [3.05, 3.63) is 117 Å². The van der Waals surface area contributed by atoms with Crippen LogP contribution in [0.15, 0.2) is 90.3 Å². The van der Waals surface area contributed by atoms with Crippen LogP contribution in [0.5, 0.6) is 11.5 Å². The zero-order valence-electron chi connectivity index (χ0n) is 18.9. The number of thiophene rings is 1. The Bertz CT molecular complexity index is 1150. The van der Waals surface area contributed by atoms with E-state index in [4.69, 9.17) is 19.7 Å². The Morgan fingerprint density at radius 3 is 1.85 bits per heavy atom. The van der Waals surface area contributed by atoms with E-state index in [-0.39, 0.29) is 31.8 Å². The lowest BCUT2D eigenvalue weighted by Crippen LogP contribution is -2.26. The number of fused-ring (bicyclic) bond motifs is 1. The minimum atomic E-state index is -0.323. The van der Waals surface area contributed by atoms with E-state index in [1.807, 2.05) is 35.6 Å². The Kier molecular flexibility index (Phi) is 6.68. The SMILES string of the molecule is OCCOc1ccc(C2(c3ccc(OCCO)cc3)CC(c3cccs3)c3ccccc32)cc1. The fraction of sp³-hybridized carbons (Fsp3) is 0.241. The Morgan fingerprint density at radius 2 is 1.32 bits per heavy atom. The van der Waals surface area contributed by atoms with Gasteiger partial charge in [-0.3, -0.25) is 0 Å². The Balaban J connectivity index is 1.64. The Hall–Kier alpha value is -3.12. The van der Waals surface area contributed by atoms with Gasteiger partial charge in [-0.25, -0.2) is 0 Å². The van der Waals surface area contributed by atoms with Gasteiger partial charge < -0.3 is 19.7 Å². The summed E-state index contributed by atoms with van der Waals surface area (Å²) in [4.78, 5) is 1.38. The van der Waals surface area contributed by atoms with Gasteiger partial charge in [-0.2, -0.15) is 0 Å². The van der Waals surface area contributed by atoms with E-state index in [2.05, 4.69) is 66.0 Å². The van der Waals surface area contributed by atoms with E-state index in [0.717, 1.165) is 17.9 Å². The van der Waals surface area contributed by atoms with Gasteiger partial charge >= 0.3 is 0 Å². The van der Waals surface area contributed by atoms with Crippen LogP contribution in [0.25, 0.3) is 0 Å². The minimum Gasteiger partial charge on any atom is -0.491 e. The van der Waals surface area contributed by atoms with Crippen LogP contribution < -0.4 is 9.47 Å². The van der Waals surface area contributed by atoms with E-state index < -0.39 is 0 Å². The summed E-state index contributed by atoms with van der Waals surface area (Å²) < 4.78 is 11.3. The molecular weight excluding hydrogens is 444 g/mol. The highest BCUT2D eigenvalue weighted by molar-refractivity contribution is 7.10. The normalized spacial score (nSPS) is 16.2. The number of aliphatic hydroxyl groups is 2. The summed E-state index contributed by atoms with van der Waals surface area (Å²) in [6, 6.07) is 29.7. The molecule has 1 atom stereocenters. The molecule has 5 heteroatoms. The summed E-state index contributed by atoms with van der Waals surface area (Å²) in [5.74, 6) is 1.82. The van der Waals surface area contributed by atoms with Gasteiger partial charge in [0.25, 0.3) is 0 Å². The maximum atomic E-state index is 9.10. The average Bonchev–Trinajstić information content (AvgIpc) is 3.54. The van der Waals surface area contributed by atoms with Crippen molar-refractivity contribution >= 4 is 11.3 Å². The average molecular weight is 473 g/mol. The third kappa shape index (κ3) is 4.11. The molecule has 4 nitrogen and oxygen atoms in total. The molecule has 0 saturated carbocycles. The number of rotatable bonds is 9. The lowest BCUT2D eigenvalue weighted by molar-refractivity contribution is 0.201. The lowest BCUT2D eigenvalue weighted by Gasteiger charge is -2.33. The van der Waals surface area contributed by atoms with Gasteiger partial charge in [0.05, 0.1) is 13.2 Å². The van der Waals surface area contributed by atoms with E-state index in [9.17, 15) is 0 Å². The molecule has 1 aliphatic rings. The number of hydrogen-bond acceptors (Lipinski definition) is 5. The molecule has 0 saturated heterocycles. The zero-order valence-corrected chi connectivity index (χ0v) is 19.7. The van der Waals surface area contributed by atoms with Crippen molar-refractivity contribution < 1.29 is 19.7 Å². The van der Waals surface area contributed by atoms with Gasteiger partial charge in [0.2, 0.25) is 0 Å². The minimum absolute atomic E-state index is 0.00768. The first-order chi connectivity index (χ1) is 16.8. The predicted octanol–water partition coefficient (Wildman–Crippen LogP) is 5.36. The molecule has 0 spiro atoms. The molecule has 0 fully saturated rings. The van der Waals surface area contributed by atoms with Crippen molar-refractivity contribution in [3.63, 3.8) is 0 Å². The summed E-state index contributed by atoms with van der Waals surface area (Å²) in [6.07, 6.45) is 0.931. The molecular formula is C29H28O4S. The summed E-state index contributed by atoms with van der Waals surface area (Å²) in [6.45, 7) is 0.546. The molecule has 3 aromatic carbocycles. The monoisotopic (exact) mass is 472 g/mol. The van der Waals surface area contributed by atoms with Crippen molar-refractivity contribution in [2.24, 2.45) is 0 Å². The van der Waals surface area contributed by atoms with Gasteiger partial charge in [0, 0.05) is 16.2 Å². The van der Waals surface area contributed by atoms with Gasteiger partial charge in [-0.1, -0.05) is 54.6 Å². The van der Waals surface area contributed by atoms with Crippen LogP contribution in [0.1, 0.15) is 39.5 Å². The highest BCUT2D eigenvalue weighted by Crippen LogP contribution is 2.56. The molecule has 174 valence electrons. The maximum Gasteiger partial charge on any atom is 0.119 e. The van der Waals surface area contributed by atoms with Crippen LogP contribution in [0.4, 0.5) is 0 Å². The quantitative estimate of drug-likeness (QED) is 0.344. The van der Waals surface area contributed by atoms with Crippen molar-refractivity contribution in [2.45, 2.75) is 17.8 Å². The van der Waals surface area contributed by atoms with Crippen molar-refractivity contribution in [3.8, 4) is 11.5 Å². The van der Waals surface area contributed by atoms with Crippen LogP contribution >= 0.6 is 11.3 Å². The predicted molar refractivity (Wildman–Crippen MR) is 135 cm³/mol. The molecule has 0 aliphatic heterocycles.